The monoisotopic (exact) mass is 640 g/mol. The summed E-state index contributed by atoms with van der Waals surface area (Å²) in [5.41, 5.74) is 2.11. The summed E-state index contributed by atoms with van der Waals surface area (Å²) in [4.78, 5) is 28.1. The van der Waals surface area contributed by atoms with Gasteiger partial charge in [0, 0.05) is 36.5 Å². The lowest BCUT2D eigenvalue weighted by Gasteiger charge is -2.39. The molecule has 1 aromatic carbocycles. The van der Waals surface area contributed by atoms with Crippen molar-refractivity contribution in [3.05, 3.63) is 58.0 Å². The second kappa shape index (κ2) is 11.7. The molecule has 12 heteroatoms. The number of hydrogen-bond acceptors (Lipinski definition) is 8. The number of nitriles is 1. The molecule has 0 radical (unpaired) electrons. The number of carbonyl (C=O) groups excluding carboxylic acids is 1. The van der Waals surface area contributed by atoms with E-state index in [1.165, 1.54) is 6.20 Å². The number of halogens is 2. The lowest BCUT2D eigenvalue weighted by molar-refractivity contribution is 0.0575. The van der Waals surface area contributed by atoms with Crippen molar-refractivity contribution >= 4 is 54.9 Å². The zero-order chi connectivity index (χ0) is 32.0. The van der Waals surface area contributed by atoms with Crippen molar-refractivity contribution in [2.24, 2.45) is 0 Å². The number of nitrogens with one attached hydrogen (secondary N) is 1. The molecule has 1 aliphatic heterocycles. The molecule has 0 bridgehead atoms. The van der Waals surface area contributed by atoms with Crippen molar-refractivity contribution in [2.45, 2.75) is 77.6 Å². The molecule has 0 aliphatic carbocycles. The van der Waals surface area contributed by atoms with Crippen molar-refractivity contribution in [3.8, 4) is 17.3 Å². The Morgan fingerprint density at radius 1 is 1.16 bits per heavy atom. The highest BCUT2D eigenvalue weighted by atomic mass is 35.5. The summed E-state index contributed by atoms with van der Waals surface area (Å²) in [7, 11) is -2.13. The van der Waals surface area contributed by atoms with Crippen LogP contribution in [0.25, 0.3) is 11.3 Å². The van der Waals surface area contributed by atoms with Crippen LogP contribution in [-0.2, 0) is 14.6 Å². The summed E-state index contributed by atoms with van der Waals surface area (Å²) in [5.74, 6) is 0.280. The molecule has 3 heterocycles. The lowest BCUT2D eigenvalue weighted by Crippen LogP contribution is -2.46. The highest BCUT2D eigenvalue weighted by Gasteiger charge is 2.47. The molecule has 0 saturated heterocycles. The van der Waals surface area contributed by atoms with Crippen LogP contribution in [0.2, 0.25) is 28.3 Å². The van der Waals surface area contributed by atoms with Crippen molar-refractivity contribution in [2.75, 3.05) is 23.4 Å². The van der Waals surface area contributed by atoms with E-state index in [0.717, 1.165) is 5.56 Å². The van der Waals surface area contributed by atoms with Crippen LogP contribution in [0.15, 0.2) is 36.7 Å². The minimum Gasteiger partial charge on any atom is -0.443 e. The first-order valence-corrected chi connectivity index (χ1v) is 17.6. The Kier molecular flexibility index (Phi) is 8.89. The van der Waals surface area contributed by atoms with Crippen LogP contribution in [-0.4, -0.2) is 48.1 Å². The second-order valence-corrected chi connectivity index (χ2v) is 19.2. The number of carbonyl (C=O) groups is 1. The number of aromatic nitrogens is 3. The fraction of sp³-hybridized carbons (Fsp3) is 0.452. The van der Waals surface area contributed by atoms with Gasteiger partial charge in [-0.2, -0.15) is 5.26 Å². The van der Waals surface area contributed by atoms with E-state index in [2.05, 4.69) is 67.1 Å². The molecular formula is C31H38Cl2N6O3Si. The van der Waals surface area contributed by atoms with Gasteiger partial charge in [-0.05, 0) is 68.7 Å². The Morgan fingerprint density at radius 3 is 2.49 bits per heavy atom. The third kappa shape index (κ3) is 7.12. The van der Waals surface area contributed by atoms with E-state index < -0.39 is 25.4 Å². The van der Waals surface area contributed by atoms with Gasteiger partial charge in [0.25, 0.3) is 0 Å². The van der Waals surface area contributed by atoms with Crippen LogP contribution in [0.5, 0.6) is 0 Å². The van der Waals surface area contributed by atoms with Gasteiger partial charge < -0.3 is 14.5 Å². The largest absolute Gasteiger partial charge is 0.443 e. The van der Waals surface area contributed by atoms with E-state index >= 15 is 0 Å². The number of benzene rings is 1. The maximum absolute atomic E-state index is 13.5. The van der Waals surface area contributed by atoms with E-state index in [1.807, 2.05) is 26.8 Å². The molecule has 1 aliphatic rings. The molecule has 0 spiro atoms. The number of pyridine rings is 1. The maximum Gasteiger partial charge on any atom is 0.414 e. The molecule has 1 amide bonds. The highest BCUT2D eigenvalue weighted by molar-refractivity contribution is 6.74. The number of ether oxygens (including phenoxy) is 1. The van der Waals surface area contributed by atoms with E-state index in [0.29, 0.717) is 46.4 Å². The van der Waals surface area contributed by atoms with Crippen LogP contribution >= 0.6 is 23.2 Å². The molecule has 4 rings (SSSR count). The summed E-state index contributed by atoms with van der Waals surface area (Å²) in [5, 5.41) is 14.0. The minimum atomic E-state index is -2.13. The molecule has 1 atom stereocenters. The van der Waals surface area contributed by atoms with Crippen molar-refractivity contribution in [1.82, 2.24) is 15.0 Å². The van der Waals surface area contributed by atoms with Gasteiger partial charge in [-0.1, -0.05) is 50.9 Å². The summed E-state index contributed by atoms with van der Waals surface area (Å²) >= 11 is 12.3. The number of nitrogens with zero attached hydrogens (tertiary/aromatic N) is 5. The molecule has 3 aromatic rings. The molecule has 228 valence electrons. The van der Waals surface area contributed by atoms with E-state index in [-0.39, 0.29) is 16.1 Å². The van der Waals surface area contributed by atoms with Crippen molar-refractivity contribution < 1.29 is 14.0 Å². The maximum atomic E-state index is 13.5. The number of hydrogen-bond donors (Lipinski definition) is 1. The zero-order valence-corrected chi connectivity index (χ0v) is 28.6. The third-order valence-electron chi connectivity index (χ3n) is 7.83. The summed E-state index contributed by atoms with van der Waals surface area (Å²) < 4.78 is 12.5. The Hall–Kier alpha value is -3.23. The first kappa shape index (κ1) is 32.7. The van der Waals surface area contributed by atoms with Gasteiger partial charge in [0.15, 0.2) is 13.5 Å². The van der Waals surface area contributed by atoms with Gasteiger partial charge >= 0.3 is 6.09 Å². The second-order valence-electron chi connectivity index (χ2n) is 13.6. The Bertz CT molecular complexity index is 1600. The quantitative estimate of drug-likeness (QED) is 0.211. The molecule has 2 aromatic heterocycles. The Labute approximate surface area is 264 Å². The van der Waals surface area contributed by atoms with Gasteiger partial charge in [-0.3, -0.25) is 4.90 Å². The number of fused-ring (bicyclic) bond motifs is 1. The molecule has 1 N–H and O–H groups in total. The van der Waals surface area contributed by atoms with Crippen LogP contribution in [0, 0.1) is 11.3 Å². The average Bonchev–Trinajstić information content (AvgIpc) is 3.21. The fourth-order valence-corrected chi connectivity index (χ4v) is 5.92. The summed E-state index contributed by atoms with van der Waals surface area (Å²) in [6.07, 6.45) is 2.56. The van der Waals surface area contributed by atoms with Crippen LogP contribution < -0.4 is 10.2 Å². The van der Waals surface area contributed by atoms with E-state index in [1.54, 1.807) is 29.3 Å². The number of anilines is 3. The summed E-state index contributed by atoms with van der Waals surface area (Å²) in [6, 6.07) is 9.42. The molecule has 9 nitrogen and oxygen atoms in total. The molecule has 1 unspecified atom stereocenters. The fourth-order valence-electron chi connectivity index (χ4n) is 4.49. The number of rotatable bonds is 6. The normalized spacial score (nSPS) is 16.9. The smallest absolute Gasteiger partial charge is 0.414 e. The standard InChI is InChI=1S/C31H38Cl2N6O3Si/c1-29(2,3)42-28(40)39-17-31(7,18-41-43(8,9)30(4,5)6)22-13-19(12-20(15-34)25(22)39)23-10-11-35-27(37-23)38-24-14-21(32)16-36-26(24)33/h10-14,16H,17-18H2,1-9H3,(H,35,37,38). The van der Waals surface area contributed by atoms with Gasteiger partial charge in [0.05, 0.1) is 27.7 Å². The highest BCUT2D eigenvalue weighted by Crippen LogP contribution is 2.47. The first-order valence-electron chi connectivity index (χ1n) is 14.0. The molecule has 0 fully saturated rings. The van der Waals surface area contributed by atoms with Crippen molar-refractivity contribution in [1.29, 1.82) is 5.26 Å². The van der Waals surface area contributed by atoms with E-state index in [4.69, 9.17) is 32.4 Å². The average molecular weight is 642 g/mol. The summed E-state index contributed by atoms with van der Waals surface area (Å²) in [6.45, 7) is 19.2. The zero-order valence-electron chi connectivity index (χ0n) is 26.1. The Morgan fingerprint density at radius 2 is 1.86 bits per heavy atom. The van der Waals surface area contributed by atoms with Gasteiger partial charge in [0.1, 0.15) is 11.7 Å². The van der Waals surface area contributed by atoms with Gasteiger partial charge in [-0.15, -0.1) is 0 Å². The molecule has 0 saturated carbocycles. The number of amides is 1. The Balaban J connectivity index is 1.80. The third-order valence-corrected chi connectivity index (χ3v) is 12.8. The van der Waals surface area contributed by atoms with Crippen LogP contribution in [0.1, 0.15) is 59.6 Å². The molecule has 43 heavy (non-hydrogen) atoms. The minimum absolute atomic E-state index is 0.00106. The van der Waals surface area contributed by atoms with Gasteiger partial charge in [-0.25, -0.2) is 19.7 Å². The first-order chi connectivity index (χ1) is 19.8. The topological polar surface area (TPSA) is 113 Å². The SMILES string of the molecule is CC(C)(C)OC(=O)N1CC(C)(CO[Si](C)(C)C(C)(C)C)c2cc(-c3ccnc(Nc4cc(Cl)cnc4Cl)n3)cc(C#N)c21. The molecular weight excluding hydrogens is 603 g/mol. The van der Waals surface area contributed by atoms with Crippen molar-refractivity contribution in [3.63, 3.8) is 0 Å². The predicted octanol–water partition coefficient (Wildman–Crippen LogP) is 8.50. The van der Waals surface area contributed by atoms with E-state index in [9.17, 15) is 10.1 Å². The van der Waals surface area contributed by atoms with Crippen LogP contribution in [0.4, 0.5) is 22.1 Å². The predicted molar refractivity (Wildman–Crippen MR) is 174 cm³/mol. The van der Waals surface area contributed by atoms with Crippen LogP contribution in [0.3, 0.4) is 0 Å². The van der Waals surface area contributed by atoms with Gasteiger partial charge in [0.2, 0.25) is 5.95 Å². The lowest BCUT2D eigenvalue weighted by atomic mass is 9.83.